The van der Waals surface area contributed by atoms with Crippen LogP contribution in [0.1, 0.15) is 40.0 Å². The summed E-state index contributed by atoms with van der Waals surface area (Å²) in [5, 5.41) is 0. The summed E-state index contributed by atoms with van der Waals surface area (Å²) in [6, 6.07) is 0. The molecule has 0 spiro atoms. The van der Waals surface area contributed by atoms with E-state index in [1.54, 1.807) is 20.8 Å². The minimum absolute atomic E-state index is 0.288. The average Bonchev–Trinajstić information content (AvgIpc) is 1.96. The maximum absolute atomic E-state index is 11.6. The first-order chi connectivity index (χ1) is 5.81. The highest BCUT2D eigenvalue weighted by Gasteiger charge is 2.27. The molecule has 0 fully saturated rings. The summed E-state index contributed by atoms with van der Waals surface area (Å²) in [4.78, 5) is 0. The van der Waals surface area contributed by atoms with Gasteiger partial charge in [-0.2, -0.15) is 0 Å². The smallest absolute Gasteiger partial charge is 0.155 e. The molecule has 4 heteroatoms. The van der Waals surface area contributed by atoms with Crippen LogP contribution in [0.3, 0.4) is 0 Å². The molecule has 0 radical (unpaired) electrons. The van der Waals surface area contributed by atoms with Gasteiger partial charge in [-0.25, -0.2) is 8.42 Å². The van der Waals surface area contributed by atoms with Crippen molar-refractivity contribution >= 4 is 9.84 Å². The Morgan fingerprint density at radius 3 is 2.00 bits per heavy atom. The zero-order valence-electron chi connectivity index (χ0n) is 8.84. The molecule has 0 aromatic carbocycles. The van der Waals surface area contributed by atoms with Crippen molar-refractivity contribution < 1.29 is 8.42 Å². The van der Waals surface area contributed by atoms with Crippen molar-refractivity contribution in [2.24, 2.45) is 5.73 Å². The maximum Gasteiger partial charge on any atom is 0.155 e. The first-order valence-electron chi connectivity index (χ1n) is 4.73. The van der Waals surface area contributed by atoms with E-state index in [2.05, 4.69) is 0 Å². The van der Waals surface area contributed by atoms with Crippen LogP contribution in [0.15, 0.2) is 0 Å². The van der Waals surface area contributed by atoms with Crippen LogP contribution in [0.25, 0.3) is 0 Å². The topological polar surface area (TPSA) is 60.2 Å². The Balaban J connectivity index is 3.92. The predicted molar refractivity (Wildman–Crippen MR) is 56.4 cm³/mol. The average molecular weight is 207 g/mol. The lowest BCUT2D eigenvalue weighted by Crippen LogP contribution is -2.30. The van der Waals surface area contributed by atoms with Crippen LogP contribution in [0.5, 0.6) is 0 Å². The van der Waals surface area contributed by atoms with Crippen molar-refractivity contribution in [3.05, 3.63) is 0 Å². The van der Waals surface area contributed by atoms with E-state index in [0.29, 0.717) is 6.54 Å². The molecule has 0 saturated carbocycles. The molecule has 2 N–H and O–H groups in total. The van der Waals surface area contributed by atoms with E-state index < -0.39 is 14.6 Å². The van der Waals surface area contributed by atoms with E-state index in [0.717, 1.165) is 19.3 Å². The van der Waals surface area contributed by atoms with Crippen LogP contribution < -0.4 is 5.73 Å². The molecular weight excluding hydrogens is 186 g/mol. The lowest BCUT2D eigenvalue weighted by atomic mass is 10.2. The van der Waals surface area contributed by atoms with Crippen molar-refractivity contribution in [2.45, 2.75) is 44.8 Å². The van der Waals surface area contributed by atoms with Crippen LogP contribution in [-0.4, -0.2) is 25.5 Å². The van der Waals surface area contributed by atoms with Gasteiger partial charge in [-0.15, -0.1) is 0 Å². The van der Waals surface area contributed by atoms with Crippen molar-refractivity contribution in [1.29, 1.82) is 0 Å². The summed E-state index contributed by atoms with van der Waals surface area (Å²) >= 11 is 0. The quantitative estimate of drug-likeness (QED) is 0.692. The van der Waals surface area contributed by atoms with Crippen LogP contribution in [0.4, 0.5) is 0 Å². The van der Waals surface area contributed by atoms with Gasteiger partial charge in [0.25, 0.3) is 0 Å². The third kappa shape index (κ3) is 4.62. The summed E-state index contributed by atoms with van der Waals surface area (Å²) in [6.07, 6.45) is 2.56. The Kier molecular flexibility index (Phi) is 4.92. The van der Waals surface area contributed by atoms with E-state index >= 15 is 0 Å². The Hall–Kier alpha value is -0.0900. The third-order valence-corrected chi connectivity index (χ3v) is 4.74. The molecule has 0 atom stereocenters. The first-order valence-corrected chi connectivity index (χ1v) is 6.39. The molecule has 0 aliphatic heterocycles. The molecular formula is C9H21NO2S. The number of rotatable bonds is 5. The maximum atomic E-state index is 11.6. The van der Waals surface area contributed by atoms with Crippen molar-refractivity contribution in [1.82, 2.24) is 0 Å². The normalized spacial score (nSPS) is 13.2. The molecule has 3 nitrogen and oxygen atoms in total. The molecule has 0 aliphatic rings. The van der Waals surface area contributed by atoms with E-state index in [4.69, 9.17) is 5.73 Å². The third-order valence-electron chi connectivity index (χ3n) is 2.05. The van der Waals surface area contributed by atoms with Gasteiger partial charge in [0, 0.05) is 0 Å². The Morgan fingerprint density at radius 2 is 1.62 bits per heavy atom. The summed E-state index contributed by atoms with van der Waals surface area (Å²) < 4.78 is 22.6. The highest BCUT2D eigenvalue weighted by atomic mass is 32.2. The molecule has 0 saturated heterocycles. The Morgan fingerprint density at radius 1 is 1.08 bits per heavy atom. The largest absolute Gasteiger partial charge is 0.330 e. The molecule has 13 heavy (non-hydrogen) atoms. The van der Waals surface area contributed by atoms with Crippen LogP contribution in [0, 0.1) is 0 Å². The summed E-state index contributed by atoms with van der Waals surface area (Å²) in [5.41, 5.74) is 5.31. The zero-order chi connectivity index (χ0) is 10.5. The van der Waals surface area contributed by atoms with Crippen molar-refractivity contribution in [3.8, 4) is 0 Å². The predicted octanol–water partition coefficient (Wildman–Crippen LogP) is 1.33. The minimum Gasteiger partial charge on any atom is -0.330 e. The van der Waals surface area contributed by atoms with Gasteiger partial charge in [-0.1, -0.05) is 6.42 Å². The molecule has 80 valence electrons. The minimum atomic E-state index is -2.92. The molecule has 0 unspecified atom stereocenters. The second kappa shape index (κ2) is 4.96. The summed E-state index contributed by atoms with van der Waals surface area (Å²) in [5.74, 6) is 0.288. The van der Waals surface area contributed by atoms with E-state index in [1.165, 1.54) is 0 Å². The monoisotopic (exact) mass is 207 g/mol. The highest BCUT2D eigenvalue weighted by Crippen LogP contribution is 2.17. The Bertz CT molecular complexity index is 226. The van der Waals surface area contributed by atoms with Gasteiger partial charge in [0.05, 0.1) is 10.5 Å². The van der Waals surface area contributed by atoms with Crippen molar-refractivity contribution in [2.75, 3.05) is 12.3 Å². The molecule has 0 aromatic heterocycles. The van der Waals surface area contributed by atoms with E-state index in [1.807, 2.05) is 0 Å². The molecule has 0 heterocycles. The molecule has 0 aliphatic carbocycles. The molecule has 0 aromatic rings. The van der Waals surface area contributed by atoms with Crippen LogP contribution >= 0.6 is 0 Å². The van der Waals surface area contributed by atoms with Gasteiger partial charge in [-0.05, 0) is 40.2 Å². The van der Waals surface area contributed by atoms with E-state index in [9.17, 15) is 8.42 Å². The van der Waals surface area contributed by atoms with Gasteiger partial charge < -0.3 is 5.73 Å². The SMILES string of the molecule is CC(C)(C)S(=O)(=O)CCCCCN. The number of sulfone groups is 1. The molecule has 0 amide bonds. The van der Waals surface area contributed by atoms with Crippen molar-refractivity contribution in [3.63, 3.8) is 0 Å². The number of hydrogen-bond donors (Lipinski definition) is 1. The first kappa shape index (κ1) is 12.9. The van der Waals surface area contributed by atoms with Gasteiger partial charge >= 0.3 is 0 Å². The van der Waals surface area contributed by atoms with Crippen LogP contribution in [-0.2, 0) is 9.84 Å². The highest BCUT2D eigenvalue weighted by molar-refractivity contribution is 7.92. The number of hydrogen-bond acceptors (Lipinski definition) is 3. The standard InChI is InChI=1S/C9H21NO2S/c1-9(2,3)13(11,12)8-6-4-5-7-10/h4-8,10H2,1-3H3. The fourth-order valence-electron chi connectivity index (χ4n) is 0.919. The second-order valence-electron chi connectivity index (χ2n) is 4.28. The second-order valence-corrected chi connectivity index (χ2v) is 7.14. The summed E-state index contributed by atoms with van der Waals surface area (Å²) in [7, 11) is -2.92. The molecule has 0 bridgehead atoms. The fraction of sp³-hybridized carbons (Fsp3) is 1.00. The van der Waals surface area contributed by atoms with Gasteiger partial charge in [0.15, 0.2) is 9.84 Å². The Labute approximate surface area is 81.6 Å². The zero-order valence-corrected chi connectivity index (χ0v) is 9.65. The summed E-state index contributed by atoms with van der Waals surface area (Å²) in [6.45, 7) is 5.87. The number of unbranched alkanes of at least 4 members (excludes halogenated alkanes) is 2. The van der Waals surface area contributed by atoms with Gasteiger partial charge in [0.2, 0.25) is 0 Å². The van der Waals surface area contributed by atoms with Gasteiger partial charge in [0.1, 0.15) is 0 Å². The van der Waals surface area contributed by atoms with Crippen LogP contribution in [0.2, 0.25) is 0 Å². The fourth-order valence-corrected chi connectivity index (χ4v) is 2.12. The lowest BCUT2D eigenvalue weighted by Gasteiger charge is -2.18. The van der Waals surface area contributed by atoms with Gasteiger partial charge in [-0.3, -0.25) is 0 Å². The number of nitrogens with two attached hydrogens (primary N) is 1. The lowest BCUT2D eigenvalue weighted by molar-refractivity contribution is 0.555. The van der Waals surface area contributed by atoms with E-state index in [-0.39, 0.29) is 5.75 Å². The molecule has 0 rings (SSSR count).